The van der Waals surface area contributed by atoms with Crippen LogP contribution >= 0.6 is 0 Å². The van der Waals surface area contributed by atoms with Crippen molar-refractivity contribution in [3.8, 4) is 0 Å². The minimum Gasteiger partial charge on any atom is -0.348 e. The van der Waals surface area contributed by atoms with E-state index in [0.717, 1.165) is 32.5 Å². The molecule has 1 aliphatic heterocycles. The minimum absolute atomic E-state index is 0.252. The van der Waals surface area contributed by atoms with Crippen LogP contribution in [0.4, 0.5) is 0 Å². The topological polar surface area (TPSA) is 18.5 Å². The molecule has 1 heterocycles. The van der Waals surface area contributed by atoms with Gasteiger partial charge in [-0.25, -0.2) is 0 Å². The van der Waals surface area contributed by atoms with Crippen LogP contribution in [0.3, 0.4) is 0 Å². The second kappa shape index (κ2) is 15.9. The molecule has 0 N–H and O–H groups in total. The fourth-order valence-corrected chi connectivity index (χ4v) is 3.68. The largest absolute Gasteiger partial charge is 0.348 e. The van der Waals surface area contributed by atoms with Crippen molar-refractivity contribution in [2.45, 2.75) is 122 Å². The first kappa shape index (κ1) is 22.7. The molecular formula is C23H44O2. The summed E-state index contributed by atoms with van der Waals surface area (Å²) in [5, 5.41) is 0. The van der Waals surface area contributed by atoms with Crippen LogP contribution < -0.4 is 0 Å². The highest BCUT2D eigenvalue weighted by Gasteiger charge is 2.34. The van der Waals surface area contributed by atoms with Crippen molar-refractivity contribution in [2.75, 3.05) is 13.2 Å². The van der Waals surface area contributed by atoms with E-state index in [2.05, 4.69) is 26.0 Å². The molecule has 25 heavy (non-hydrogen) atoms. The zero-order valence-electron chi connectivity index (χ0n) is 17.2. The summed E-state index contributed by atoms with van der Waals surface area (Å²) in [5.41, 5.74) is 0. The van der Waals surface area contributed by atoms with Crippen molar-refractivity contribution in [3.63, 3.8) is 0 Å². The third-order valence-electron chi connectivity index (χ3n) is 5.29. The van der Waals surface area contributed by atoms with Gasteiger partial charge in [0, 0.05) is 12.8 Å². The summed E-state index contributed by atoms with van der Waals surface area (Å²) in [4.78, 5) is 0. The quantitative estimate of drug-likeness (QED) is 0.198. The molecule has 1 fully saturated rings. The number of unbranched alkanes of at least 4 members (excludes halogenated alkanes) is 11. The fourth-order valence-electron chi connectivity index (χ4n) is 3.68. The van der Waals surface area contributed by atoms with Crippen molar-refractivity contribution in [1.82, 2.24) is 0 Å². The van der Waals surface area contributed by atoms with Gasteiger partial charge < -0.3 is 9.47 Å². The Labute approximate surface area is 157 Å². The molecule has 148 valence electrons. The molecule has 0 spiro atoms. The summed E-state index contributed by atoms with van der Waals surface area (Å²) in [7, 11) is 0. The second-order valence-corrected chi connectivity index (χ2v) is 7.69. The van der Waals surface area contributed by atoms with Crippen LogP contribution in [0.15, 0.2) is 12.2 Å². The van der Waals surface area contributed by atoms with E-state index in [1.165, 1.54) is 83.5 Å². The van der Waals surface area contributed by atoms with Gasteiger partial charge in [-0.2, -0.15) is 0 Å². The van der Waals surface area contributed by atoms with Gasteiger partial charge in [0.15, 0.2) is 5.79 Å². The highest BCUT2D eigenvalue weighted by atomic mass is 16.7. The van der Waals surface area contributed by atoms with Crippen molar-refractivity contribution >= 4 is 0 Å². The standard InChI is InChI=1S/C23H44O2/c1-3-5-7-9-11-13-15-17-19-23(24-21-22-25-23)20-18-16-14-12-10-8-6-4-2/h11,13H,3-10,12,14-22H2,1-2H3/b13-11-. The Morgan fingerprint density at radius 2 is 1.08 bits per heavy atom. The van der Waals surface area contributed by atoms with Crippen molar-refractivity contribution in [1.29, 1.82) is 0 Å². The van der Waals surface area contributed by atoms with Gasteiger partial charge in [-0.05, 0) is 32.1 Å². The lowest BCUT2D eigenvalue weighted by Gasteiger charge is -2.27. The fraction of sp³-hybridized carbons (Fsp3) is 0.913. The van der Waals surface area contributed by atoms with E-state index in [4.69, 9.17) is 9.47 Å². The first-order valence-electron chi connectivity index (χ1n) is 11.3. The third kappa shape index (κ3) is 11.8. The van der Waals surface area contributed by atoms with E-state index in [1.807, 2.05) is 0 Å². The van der Waals surface area contributed by atoms with Gasteiger partial charge >= 0.3 is 0 Å². The van der Waals surface area contributed by atoms with Crippen LogP contribution in [0, 0.1) is 0 Å². The molecule has 0 aromatic heterocycles. The molecular weight excluding hydrogens is 308 g/mol. The maximum Gasteiger partial charge on any atom is 0.168 e. The molecule has 0 amide bonds. The average molecular weight is 353 g/mol. The van der Waals surface area contributed by atoms with Crippen LogP contribution in [0.5, 0.6) is 0 Å². The van der Waals surface area contributed by atoms with Crippen LogP contribution in [-0.2, 0) is 9.47 Å². The molecule has 2 nitrogen and oxygen atoms in total. The summed E-state index contributed by atoms with van der Waals surface area (Å²) in [6, 6.07) is 0. The SMILES string of the molecule is CCCCC/C=C\CCCC1(CCCCCCCCCC)OCCO1. The van der Waals surface area contributed by atoms with E-state index in [9.17, 15) is 0 Å². The highest BCUT2D eigenvalue weighted by Crippen LogP contribution is 2.31. The molecule has 0 unspecified atom stereocenters. The maximum atomic E-state index is 6.01. The van der Waals surface area contributed by atoms with Gasteiger partial charge in [0.1, 0.15) is 0 Å². The summed E-state index contributed by atoms with van der Waals surface area (Å²) in [6.45, 7) is 6.11. The third-order valence-corrected chi connectivity index (χ3v) is 5.29. The highest BCUT2D eigenvalue weighted by molar-refractivity contribution is 4.83. The Balaban J connectivity index is 2.07. The zero-order valence-corrected chi connectivity index (χ0v) is 17.2. The van der Waals surface area contributed by atoms with Gasteiger partial charge in [-0.15, -0.1) is 0 Å². The molecule has 1 saturated heterocycles. The molecule has 0 saturated carbocycles. The number of rotatable bonds is 17. The molecule has 1 aliphatic rings. The van der Waals surface area contributed by atoms with E-state index in [1.54, 1.807) is 0 Å². The molecule has 0 aromatic carbocycles. The Morgan fingerprint density at radius 3 is 1.72 bits per heavy atom. The zero-order chi connectivity index (χ0) is 18.1. The molecule has 0 bridgehead atoms. The second-order valence-electron chi connectivity index (χ2n) is 7.69. The number of allylic oxidation sites excluding steroid dienone is 2. The minimum atomic E-state index is -0.252. The van der Waals surface area contributed by atoms with E-state index >= 15 is 0 Å². The number of hydrogen-bond donors (Lipinski definition) is 0. The van der Waals surface area contributed by atoms with E-state index < -0.39 is 0 Å². The molecule has 0 atom stereocenters. The molecule has 2 heteroatoms. The van der Waals surface area contributed by atoms with Crippen molar-refractivity contribution < 1.29 is 9.47 Å². The summed E-state index contributed by atoms with van der Waals surface area (Å²) in [6.07, 6.45) is 25.4. The van der Waals surface area contributed by atoms with Crippen LogP contribution in [0.25, 0.3) is 0 Å². The lowest BCUT2D eigenvalue weighted by Crippen LogP contribution is -2.29. The predicted molar refractivity (Wildman–Crippen MR) is 109 cm³/mol. The molecule has 1 rings (SSSR count). The van der Waals surface area contributed by atoms with Crippen molar-refractivity contribution in [2.24, 2.45) is 0 Å². The Hall–Kier alpha value is -0.340. The molecule has 0 radical (unpaired) electrons. The first-order valence-corrected chi connectivity index (χ1v) is 11.3. The molecule has 0 aromatic rings. The monoisotopic (exact) mass is 352 g/mol. The Kier molecular flexibility index (Phi) is 14.4. The van der Waals surface area contributed by atoms with Gasteiger partial charge in [0.25, 0.3) is 0 Å². The maximum absolute atomic E-state index is 6.01. The van der Waals surface area contributed by atoms with E-state index in [0.29, 0.717) is 0 Å². The van der Waals surface area contributed by atoms with Gasteiger partial charge in [0.2, 0.25) is 0 Å². The average Bonchev–Trinajstić information content (AvgIpc) is 3.09. The lowest BCUT2D eigenvalue weighted by atomic mass is 10.00. The van der Waals surface area contributed by atoms with Crippen LogP contribution in [-0.4, -0.2) is 19.0 Å². The number of hydrogen-bond acceptors (Lipinski definition) is 2. The van der Waals surface area contributed by atoms with Gasteiger partial charge in [0.05, 0.1) is 13.2 Å². The van der Waals surface area contributed by atoms with Crippen LogP contribution in [0.1, 0.15) is 117 Å². The van der Waals surface area contributed by atoms with E-state index in [-0.39, 0.29) is 5.79 Å². The Morgan fingerprint density at radius 1 is 0.600 bits per heavy atom. The molecule has 0 aliphatic carbocycles. The number of ether oxygens (including phenoxy) is 2. The lowest BCUT2D eigenvalue weighted by molar-refractivity contribution is -0.168. The smallest absolute Gasteiger partial charge is 0.168 e. The summed E-state index contributed by atoms with van der Waals surface area (Å²) < 4.78 is 12.0. The summed E-state index contributed by atoms with van der Waals surface area (Å²) in [5.74, 6) is -0.252. The summed E-state index contributed by atoms with van der Waals surface area (Å²) >= 11 is 0. The van der Waals surface area contributed by atoms with Gasteiger partial charge in [-0.3, -0.25) is 0 Å². The van der Waals surface area contributed by atoms with Crippen molar-refractivity contribution in [3.05, 3.63) is 12.2 Å². The van der Waals surface area contributed by atoms with Gasteiger partial charge in [-0.1, -0.05) is 83.8 Å². The van der Waals surface area contributed by atoms with Crippen LogP contribution in [0.2, 0.25) is 0 Å². The predicted octanol–water partition coefficient (Wildman–Crippen LogP) is 7.57. The normalized spacial score (nSPS) is 16.9. The first-order chi connectivity index (χ1) is 12.3. The Bertz CT molecular complexity index is 305.